The summed E-state index contributed by atoms with van der Waals surface area (Å²) in [4.78, 5) is 25.4. The van der Waals surface area contributed by atoms with Crippen LogP contribution in [0.5, 0.6) is 0 Å². The fourth-order valence-corrected chi connectivity index (χ4v) is 7.67. The molecule has 5 nitrogen and oxygen atoms in total. The van der Waals surface area contributed by atoms with E-state index in [1.807, 2.05) is 6.08 Å². The van der Waals surface area contributed by atoms with E-state index in [0.29, 0.717) is 25.9 Å². The Kier molecular flexibility index (Phi) is 52.4. The molecule has 0 rings (SSSR count). The van der Waals surface area contributed by atoms with Gasteiger partial charge in [-0.15, -0.1) is 0 Å². The number of hydrogen-bond acceptors (Lipinski definition) is 5. The Balaban J connectivity index is 4.29. The molecule has 0 aliphatic heterocycles. The first-order valence-corrected chi connectivity index (χ1v) is 27.5. The Morgan fingerprint density at radius 2 is 0.734 bits per heavy atom. The third-order valence-corrected chi connectivity index (χ3v) is 11.7. The fraction of sp³-hybridized carbons (Fsp3) is 0.763. The molecule has 370 valence electrons. The van der Waals surface area contributed by atoms with E-state index in [-0.39, 0.29) is 25.2 Å². The largest absolute Gasteiger partial charge is 0.462 e. The highest BCUT2D eigenvalue weighted by molar-refractivity contribution is 5.70. The van der Waals surface area contributed by atoms with Gasteiger partial charge in [0.2, 0.25) is 0 Å². The summed E-state index contributed by atoms with van der Waals surface area (Å²) in [6.45, 7) is 7.63. The normalized spacial score (nSPS) is 12.7. The second kappa shape index (κ2) is 54.7. The van der Waals surface area contributed by atoms with E-state index in [2.05, 4.69) is 87.6 Å². The first kappa shape index (κ1) is 61.3. The lowest BCUT2D eigenvalue weighted by atomic mass is 10.0. The Morgan fingerprint density at radius 1 is 0.359 bits per heavy atom. The number of unbranched alkanes of at least 4 members (excludes halogenated alkanes) is 27. The van der Waals surface area contributed by atoms with Crippen LogP contribution < -0.4 is 0 Å². The minimum absolute atomic E-state index is 0.0564. The van der Waals surface area contributed by atoms with Crippen molar-refractivity contribution >= 4 is 11.9 Å². The lowest BCUT2D eigenvalue weighted by Gasteiger charge is -2.18. The predicted octanol–water partition coefficient (Wildman–Crippen LogP) is 18.7. The maximum Gasteiger partial charge on any atom is 0.306 e. The second-order valence-electron chi connectivity index (χ2n) is 18.1. The van der Waals surface area contributed by atoms with Crippen molar-refractivity contribution in [1.82, 2.24) is 0 Å². The Labute approximate surface area is 397 Å². The molecule has 0 aromatic carbocycles. The van der Waals surface area contributed by atoms with Crippen molar-refractivity contribution in [3.05, 3.63) is 72.9 Å². The predicted molar refractivity (Wildman–Crippen MR) is 279 cm³/mol. The summed E-state index contributed by atoms with van der Waals surface area (Å²) in [5, 5.41) is 0. The van der Waals surface area contributed by atoms with Gasteiger partial charge < -0.3 is 14.2 Å². The topological polar surface area (TPSA) is 61.8 Å². The van der Waals surface area contributed by atoms with Gasteiger partial charge in [-0.2, -0.15) is 0 Å². The maximum atomic E-state index is 12.8. The molecule has 0 spiro atoms. The van der Waals surface area contributed by atoms with Gasteiger partial charge in [-0.25, -0.2) is 0 Å². The van der Waals surface area contributed by atoms with E-state index >= 15 is 0 Å². The zero-order chi connectivity index (χ0) is 46.3. The molecule has 0 aromatic heterocycles. The maximum absolute atomic E-state index is 12.8. The average Bonchev–Trinajstić information content (AvgIpc) is 3.30. The summed E-state index contributed by atoms with van der Waals surface area (Å²) in [6.07, 6.45) is 70.8. The third-order valence-electron chi connectivity index (χ3n) is 11.7. The number of carbonyl (C=O) groups is 2. The molecule has 0 radical (unpaired) electrons. The Bertz CT molecular complexity index is 1150. The summed E-state index contributed by atoms with van der Waals surface area (Å²) in [5.41, 5.74) is 0. The molecule has 0 amide bonds. The zero-order valence-corrected chi connectivity index (χ0v) is 42.5. The summed E-state index contributed by atoms with van der Waals surface area (Å²) in [6, 6.07) is 0. The van der Waals surface area contributed by atoms with Crippen molar-refractivity contribution in [3.63, 3.8) is 0 Å². The van der Waals surface area contributed by atoms with Crippen LogP contribution in [0.4, 0.5) is 0 Å². The van der Waals surface area contributed by atoms with Crippen molar-refractivity contribution in [2.45, 2.75) is 271 Å². The van der Waals surface area contributed by atoms with Crippen LogP contribution in [0, 0.1) is 0 Å². The quantitative estimate of drug-likeness (QED) is 0.0346. The minimum atomic E-state index is -0.576. The third kappa shape index (κ3) is 52.0. The van der Waals surface area contributed by atoms with Crippen LogP contribution >= 0.6 is 0 Å². The van der Waals surface area contributed by atoms with Crippen molar-refractivity contribution < 1.29 is 23.8 Å². The van der Waals surface area contributed by atoms with Gasteiger partial charge in [0.25, 0.3) is 0 Å². The number of hydrogen-bond donors (Lipinski definition) is 0. The van der Waals surface area contributed by atoms with E-state index in [1.165, 1.54) is 167 Å². The molecule has 0 heterocycles. The molecule has 0 aliphatic rings. The number of esters is 2. The van der Waals surface area contributed by atoms with Gasteiger partial charge in [-0.3, -0.25) is 9.59 Å². The number of ether oxygens (including phenoxy) is 3. The van der Waals surface area contributed by atoms with Crippen LogP contribution in [0.3, 0.4) is 0 Å². The van der Waals surface area contributed by atoms with E-state index < -0.39 is 6.10 Å². The fourth-order valence-electron chi connectivity index (χ4n) is 7.67. The van der Waals surface area contributed by atoms with Crippen LogP contribution in [-0.2, 0) is 23.8 Å². The molecule has 0 bridgehead atoms. The molecule has 0 saturated heterocycles. The van der Waals surface area contributed by atoms with Gasteiger partial charge in [0.1, 0.15) is 6.61 Å². The summed E-state index contributed by atoms with van der Waals surface area (Å²) >= 11 is 0. The number of rotatable bonds is 50. The first-order chi connectivity index (χ1) is 31.6. The number of carbonyl (C=O) groups excluding carboxylic acids is 2. The second-order valence-corrected chi connectivity index (χ2v) is 18.1. The molecule has 1 atom stereocenters. The van der Waals surface area contributed by atoms with E-state index in [4.69, 9.17) is 14.2 Å². The Hall–Kier alpha value is -2.66. The molecule has 1 unspecified atom stereocenters. The molecule has 5 heteroatoms. The van der Waals surface area contributed by atoms with Crippen molar-refractivity contribution in [3.8, 4) is 0 Å². The molecule has 0 N–H and O–H groups in total. The lowest BCUT2D eigenvalue weighted by Crippen LogP contribution is -2.30. The van der Waals surface area contributed by atoms with Crippen LogP contribution in [0.1, 0.15) is 265 Å². The van der Waals surface area contributed by atoms with Gasteiger partial charge in [0.05, 0.1) is 6.61 Å². The standard InChI is InChI=1S/C59H104O5/c1-4-7-10-13-16-19-22-25-27-28-29-30-31-33-36-39-42-45-48-51-54-62-55-57(64-59(61)53-50-47-44-41-38-34-24-21-18-15-12-9-6-3)56-63-58(60)52-49-46-43-40-37-35-32-26-23-20-17-14-11-8-5-2/h9,12,16,18-19,21,25,27,34,38,44,47,57H,4-8,10-11,13-15,17,20,22-24,26,28-33,35-37,39-43,45-46,48-56H2,1-3H3/b12-9-,19-16-,21-18-,27-25-,38-34-,47-44-. The van der Waals surface area contributed by atoms with Crippen molar-refractivity contribution in [1.29, 1.82) is 0 Å². The lowest BCUT2D eigenvalue weighted by molar-refractivity contribution is -0.162. The van der Waals surface area contributed by atoms with Crippen molar-refractivity contribution in [2.24, 2.45) is 0 Å². The molecular weight excluding hydrogens is 789 g/mol. The van der Waals surface area contributed by atoms with Gasteiger partial charge in [0, 0.05) is 19.4 Å². The highest BCUT2D eigenvalue weighted by Crippen LogP contribution is 2.15. The minimum Gasteiger partial charge on any atom is -0.462 e. The molecule has 64 heavy (non-hydrogen) atoms. The van der Waals surface area contributed by atoms with Gasteiger partial charge in [0.15, 0.2) is 6.10 Å². The molecule has 0 aromatic rings. The molecular formula is C59H104O5. The van der Waals surface area contributed by atoms with Crippen LogP contribution in [0.2, 0.25) is 0 Å². The molecule has 0 saturated carbocycles. The molecule has 0 aliphatic carbocycles. The van der Waals surface area contributed by atoms with Gasteiger partial charge in [-0.1, -0.05) is 248 Å². The summed E-state index contributed by atoms with van der Waals surface area (Å²) in [7, 11) is 0. The SMILES string of the molecule is CC/C=C\C/C=C\C/C=C\C/C=C\CCC(=O)OC(COCCCCCCCCCCCC/C=C\C/C=C\CCCCC)COC(=O)CCCCCCCCCCCCCCCCC. The van der Waals surface area contributed by atoms with E-state index in [9.17, 15) is 9.59 Å². The molecule has 0 fully saturated rings. The highest BCUT2D eigenvalue weighted by atomic mass is 16.6. The van der Waals surface area contributed by atoms with Crippen LogP contribution in [0.15, 0.2) is 72.9 Å². The highest BCUT2D eigenvalue weighted by Gasteiger charge is 2.17. The average molecular weight is 893 g/mol. The van der Waals surface area contributed by atoms with Crippen molar-refractivity contribution in [2.75, 3.05) is 19.8 Å². The summed E-state index contributed by atoms with van der Waals surface area (Å²) in [5.74, 6) is -0.484. The smallest absolute Gasteiger partial charge is 0.306 e. The monoisotopic (exact) mass is 893 g/mol. The van der Waals surface area contributed by atoms with Gasteiger partial charge >= 0.3 is 11.9 Å². The number of allylic oxidation sites excluding steroid dienone is 12. The summed E-state index contributed by atoms with van der Waals surface area (Å²) < 4.78 is 17.4. The van der Waals surface area contributed by atoms with E-state index in [1.54, 1.807) is 0 Å². The zero-order valence-electron chi connectivity index (χ0n) is 42.5. The first-order valence-electron chi connectivity index (χ1n) is 27.5. The van der Waals surface area contributed by atoms with E-state index in [0.717, 1.165) is 57.8 Å². The van der Waals surface area contributed by atoms with Crippen LogP contribution in [-0.4, -0.2) is 37.9 Å². The van der Waals surface area contributed by atoms with Gasteiger partial charge in [-0.05, 0) is 77.0 Å². The van der Waals surface area contributed by atoms with Crippen LogP contribution in [0.25, 0.3) is 0 Å². The Morgan fingerprint density at radius 3 is 1.22 bits per heavy atom.